The number of rotatable bonds is 36. The molecule has 2 rings (SSSR count). The zero-order valence-electron chi connectivity index (χ0n) is 37.2. The van der Waals surface area contributed by atoms with E-state index in [1.807, 2.05) is 0 Å². The molecule has 346 valence electrons. The molecule has 13 nitrogen and oxygen atoms in total. The van der Waals surface area contributed by atoms with Crippen molar-refractivity contribution in [3.63, 3.8) is 0 Å². The van der Waals surface area contributed by atoms with Gasteiger partial charge in [-0.05, 0) is 19.3 Å². The van der Waals surface area contributed by atoms with Crippen LogP contribution in [0.25, 0.3) is 0 Å². The Morgan fingerprint density at radius 3 is 1.29 bits per heavy atom. The molecule has 0 aliphatic carbocycles. The smallest absolute Gasteiger partial charge is 0.186 e. The van der Waals surface area contributed by atoms with Crippen molar-refractivity contribution >= 4 is 0 Å². The molecule has 7 N–H and O–H groups in total. The average Bonchev–Trinajstić information content (AvgIpc) is 3.19. The molecule has 2 aliphatic heterocycles. The van der Waals surface area contributed by atoms with Gasteiger partial charge in [0.05, 0.1) is 40.5 Å². The topological polar surface area (TPSA) is 188 Å². The summed E-state index contributed by atoms with van der Waals surface area (Å²) in [4.78, 5) is 0. The first-order chi connectivity index (χ1) is 27.9. The van der Waals surface area contributed by atoms with Crippen molar-refractivity contribution in [2.45, 2.75) is 235 Å². The third kappa shape index (κ3) is 22.5. The highest BCUT2D eigenvalue weighted by atomic mass is 16.7. The fourth-order valence-corrected chi connectivity index (χ4v) is 8.13. The molecule has 2 saturated heterocycles. The molecule has 0 bridgehead atoms. The molecule has 2 fully saturated rings. The molecule has 11 atom stereocenters. The van der Waals surface area contributed by atoms with E-state index in [0.29, 0.717) is 17.6 Å². The third-order valence-corrected chi connectivity index (χ3v) is 12.0. The number of aliphatic hydroxyl groups is 7. The van der Waals surface area contributed by atoms with Gasteiger partial charge in [-0.15, -0.1) is 0 Å². The van der Waals surface area contributed by atoms with Crippen LogP contribution in [0.2, 0.25) is 0 Å². The number of likely N-dealkylation sites (N-methyl/N-ethyl adjacent to an activating group) is 1. The van der Waals surface area contributed by atoms with E-state index >= 15 is 0 Å². The highest BCUT2D eigenvalue weighted by Crippen LogP contribution is 2.27. The van der Waals surface area contributed by atoms with Crippen molar-refractivity contribution < 1.29 is 63.9 Å². The second-order valence-electron chi connectivity index (χ2n) is 18.0. The van der Waals surface area contributed by atoms with Crippen LogP contribution in [-0.4, -0.2) is 161 Å². The maximum atomic E-state index is 10.8. The summed E-state index contributed by atoms with van der Waals surface area (Å²) < 4.78 is 29.3. The molecule has 0 spiro atoms. The van der Waals surface area contributed by atoms with E-state index in [1.54, 1.807) is 0 Å². The van der Waals surface area contributed by atoms with E-state index in [1.165, 1.54) is 128 Å². The van der Waals surface area contributed by atoms with Crippen LogP contribution in [-0.2, 0) is 23.7 Å². The molecule has 0 radical (unpaired) electrons. The molecule has 0 saturated carbocycles. The molecular formula is C45H90NO12+. The number of quaternary nitrogens is 1. The molecule has 58 heavy (non-hydrogen) atoms. The lowest BCUT2D eigenvalue weighted by atomic mass is 9.98. The molecule has 0 aromatic rings. The minimum absolute atomic E-state index is 0.0000593. The summed E-state index contributed by atoms with van der Waals surface area (Å²) in [5.41, 5.74) is 0. The molecule has 0 aromatic carbocycles. The van der Waals surface area contributed by atoms with Crippen LogP contribution >= 0.6 is 0 Å². The van der Waals surface area contributed by atoms with Crippen LogP contribution in [0.5, 0.6) is 0 Å². The van der Waals surface area contributed by atoms with Gasteiger partial charge in [0.25, 0.3) is 0 Å². The Bertz CT molecular complexity index is 965. The molecule has 1 unspecified atom stereocenters. The Morgan fingerprint density at radius 1 is 0.466 bits per heavy atom. The van der Waals surface area contributed by atoms with Crippen LogP contribution in [0, 0.1) is 0 Å². The first-order valence-electron chi connectivity index (χ1n) is 23.6. The highest BCUT2D eigenvalue weighted by molar-refractivity contribution is 4.92. The van der Waals surface area contributed by atoms with E-state index in [2.05, 4.69) is 27.9 Å². The molecule has 0 amide bonds. The lowest BCUT2D eigenvalue weighted by Crippen LogP contribution is -2.61. The Labute approximate surface area is 352 Å². The predicted octanol–water partition coefficient (Wildman–Crippen LogP) is 5.49. The number of unbranched alkanes of at least 4 members (excludes halogenated alkanes) is 22. The zero-order chi connectivity index (χ0) is 42.6. The van der Waals surface area contributed by atoms with Crippen molar-refractivity contribution in [2.24, 2.45) is 0 Å². The van der Waals surface area contributed by atoms with Gasteiger partial charge in [0, 0.05) is 6.61 Å². The van der Waals surface area contributed by atoms with Gasteiger partial charge in [0.15, 0.2) is 12.6 Å². The van der Waals surface area contributed by atoms with Crippen molar-refractivity contribution in [1.29, 1.82) is 0 Å². The van der Waals surface area contributed by atoms with Crippen LogP contribution in [0.3, 0.4) is 0 Å². The summed E-state index contributed by atoms with van der Waals surface area (Å²) in [6.07, 6.45) is 15.4. The van der Waals surface area contributed by atoms with E-state index in [0.717, 1.165) is 32.2 Å². The summed E-state index contributed by atoms with van der Waals surface area (Å²) in [5, 5.41) is 74.1. The Hall–Kier alpha value is -0.520. The van der Waals surface area contributed by atoms with Gasteiger partial charge in [-0.1, -0.05) is 149 Å². The maximum Gasteiger partial charge on any atom is 0.186 e. The SMILES string of the molecule is CCCCCCCCCCCCCCCCCC[N+](C)(C)CC(O)COC[C@H]1O[C@H](OC[C@H]2O[C@@H](OCCCCCCCCCC)[C@H](O)[C@@H](O)[C@@H]2O)[C@H](O)[C@@H](O)[C@@H]1O. The lowest BCUT2D eigenvalue weighted by molar-refractivity contribution is -0.893. The first-order valence-corrected chi connectivity index (χ1v) is 23.6. The fourth-order valence-electron chi connectivity index (χ4n) is 8.13. The highest BCUT2D eigenvalue weighted by Gasteiger charge is 2.47. The summed E-state index contributed by atoms with van der Waals surface area (Å²) >= 11 is 0. The minimum atomic E-state index is -1.62. The van der Waals surface area contributed by atoms with Gasteiger partial charge >= 0.3 is 0 Å². The second kappa shape index (κ2) is 32.2. The van der Waals surface area contributed by atoms with Crippen molar-refractivity contribution in [3.8, 4) is 0 Å². The first kappa shape index (κ1) is 53.6. The van der Waals surface area contributed by atoms with Gasteiger partial charge in [-0.3, -0.25) is 0 Å². The zero-order valence-corrected chi connectivity index (χ0v) is 37.2. The number of hydrogen-bond donors (Lipinski definition) is 7. The summed E-state index contributed by atoms with van der Waals surface area (Å²) in [6, 6.07) is 0. The average molecular weight is 837 g/mol. The van der Waals surface area contributed by atoms with Crippen LogP contribution < -0.4 is 0 Å². The lowest BCUT2D eigenvalue weighted by Gasteiger charge is -2.43. The number of aliphatic hydroxyl groups excluding tert-OH is 7. The van der Waals surface area contributed by atoms with Crippen LogP contribution in [0.1, 0.15) is 168 Å². The van der Waals surface area contributed by atoms with Crippen molar-refractivity contribution in [3.05, 3.63) is 0 Å². The summed E-state index contributed by atoms with van der Waals surface area (Å²) in [5.74, 6) is 0. The van der Waals surface area contributed by atoms with Gasteiger partial charge in [0.1, 0.15) is 61.5 Å². The monoisotopic (exact) mass is 837 g/mol. The minimum Gasteiger partial charge on any atom is -0.387 e. The quantitative estimate of drug-likeness (QED) is 0.0311. The summed E-state index contributed by atoms with van der Waals surface area (Å²) in [6.45, 7) is 5.68. The Kier molecular flexibility index (Phi) is 29.8. The molecule has 0 aromatic heterocycles. The number of nitrogens with zero attached hydrogens (tertiary/aromatic N) is 1. The Balaban J connectivity index is 1.62. The largest absolute Gasteiger partial charge is 0.387 e. The molecule has 2 heterocycles. The van der Waals surface area contributed by atoms with Crippen molar-refractivity contribution in [1.82, 2.24) is 0 Å². The van der Waals surface area contributed by atoms with E-state index in [-0.39, 0.29) is 19.8 Å². The Morgan fingerprint density at radius 2 is 0.845 bits per heavy atom. The van der Waals surface area contributed by atoms with E-state index in [9.17, 15) is 35.7 Å². The van der Waals surface area contributed by atoms with Crippen molar-refractivity contribution in [2.75, 3.05) is 53.6 Å². The van der Waals surface area contributed by atoms with Gasteiger partial charge in [0.2, 0.25) is 0 Å². The normalized spacial score (nSPS) is 28.6. The fraction of sp³-hybridized carbons (Fsp3) is 1.00. The number of ether oxygens (including phenoxy) is 5. The van der Waals surface area contributed by atoms with E-state index in [4.69, 9.17) is 23.7 Å². The molecular weight excluding hydrogens is 746 g/mol. The number of hydrogen-bond acceptors (Lipinski definition) is 12. The van der Waals surface area contributed by atoms with E-state index < -0.39 is 67.5 Å². The predicted molar refractivity (Wildman–Crippen MR) is 226 cm³/mol. The standard InChI is InChI=1S/C45H90NO12/c1-5-7-9-11-13-15-16-17-18-19-20-21-22-23-25-27-29-46(3,4)31-35(47)32-54-33-36-38(48)40(50)43(53)45(57-36)56-34-37-39(49)41(51)42(52)44(58-37)55-30-28-26-24-14-12-10-8-6-2/h35-45,47-53H,5-34H2,1-4H3/q+1/t35?,36-,37-,38-,39-,40+,41+,42-,43-,44-,45+/m1/s1. The third-order valence-electron chi connectivity index (χ3n) is 12.0. The maximum absolute atomic E-state index is 10.8. The van der Waals surface area contributed by atoms with Crippen LogP contribution in [0.15, 0.2) is 0 Å². The van der Waals surface area contributed by atoms with Crippen LogP contribution in [0.4, 0.5) is 0 Å². The van der Waals surface area contributed by atoms with Gasteiger partial charge in [-0.25, -0.2) is 0 Å². The molecule has 2 aliphatic rings. The second-order valence-corrected chi connectivity index (χ2v) is 18.0. The van der Waals surface area contributed by atoms with Gasteiger partial charge < -0.3 is 63.9 Å². The van der Waals surface area contributed by atoms with Gasteiger partial charge in [-0.2, -0.15) is 0 Å². The molecule has 13 heteroatoms. The summed E-state index contributed by atoms with van der Waals surface area (Å²) in [7, 11) is 4.20.